The third-order valence-corrected chi connectivity index (χ3v) is 6.61. The van der Waals surface area contributed by atoms with Gasteiger partial charge >= 0.3 is 0 Å². The zero-order valence-electron chi connectivity index (χ0n) is 16.5. The molecule has 148 valence electrons. The molecule has 0 spiro atoms. The molecule has 1 aliphatic rings. The molecule has 4 nitrogen and oxygen atoms in total. The molecule has 1 aromatic rings. The fourth-order valence-electron chi connectivity index (χ4n) is 3.45. The van der Waals surface area contributed by atoms with Crippen LogP contribution in [-0.2, 0) is 17.3 Å². The van der Waals surface area contributed by atoms with Gasteiger partial charge in [0.25, 0.3) is 0 Å². The SMILES string of the molecule is CCNC(=NCc1ccc(C)cc1C)NC1CCCC(S(=O)CC)C1.I. The van der Waals surface area contributed by atoms with Crippen LogP contribution in [0.5, 0.6) is 0 Å². The smallest absolute Gasteiger partial charge is 0.191 e. The Kier molecular flexibility index (Phi) is 10.8. The van der Waals surface area contributed by atoms with Crippen molar-refractivity contribution < 1.29 is 4.21 Å². The largest absolute Gasteiger partial charge is 0.357 e. The van der Waals surface area contributed by atoms with E-state index in [2.05, 4.69) is 49.6 Å². The Morgan fingerprint density at radius 2 is 2.04 bits per heavy atom. The van der Waals surface area contributed by atoms with Crippen molar-refractivity contribution in [1.29, 1.82) is 0 Å². The van der Waals surface area contributed by atoms with E-state index in [0.29, 0.717) is 17.8 Å². The van der Waals surface area contributed by atoms with Crippen molar-refractivity contribution in [2.24, 2.45) is 4.99 Å². The number of hydrogen-bond donors (Lipinski definition) is 2. The number of hydrogen-bond acceptors (Lipinski definition) is 2. The molecular formula is C20H34IN3OS. The summed E-state index contributed by atoms with van der Waals surface area (Å²) in [6.45, 7) is 9.89. The molecule has 1 aromatic carbocycles. The molecule has 2 rings (SSSR count). The summed E-state index contributed by atoms with van der Waals surface area (Å²) in [5, 5.41) is 7.26. The molecule has 1 aliphatic carbocycles. The van der Waals surface area contributed by atoms with Crippen molar-refractivity contribution in [3.05, 3.63) is 34.9 Å². The second-order valence-corrected chi connectivity index (χ2v) is 8.93. The number of aryl methyl sites for hydroxylation is 2. The maximum absolute atomic E-state index is 12.1. The van der Waals surface area contributed by atoms with Crippen molar-refractivity contribution in [2.45, 2.75) is 71.2 Å². The van der Waals surface area contributed by atoms with Gasteiger partial charge in [-0.25, -0.2) is 4.99 Å². The zero-order chi connectivity index (χ0) is 18.2. The van der Waals surface area contributed by atoms with E-state index in [-0.39, 0.29) is 24.0 Å². The zero-order valence-corrected chi connectivity index (χ0v) is 19.7. The highest BCUT2D eigenvalue weighted by Gasteiger charge is 2.26. The van der Waals surface area contributed by atoms with Crippen molar-refractivity contribution >= 4 is 40.7 Å². The third kappa shape index (κ3) is 7.18. The van der Waals surface area contributed by atoms with Crippen LogP contribution in [0.1, 0.15) is 56.2 Å². The molecule has 0 aliphatic heterocycles. The monoisotopic (exact) mass is 491 g/mol. The highest BCUT2D eigenvalue weighted by molar-refractivity contribution is 14.0. The molecule has 6 heteroatoms. The van der Waals surface area contributed by atoms with Gasteiger partial charge in [-0.1, -0.05) is 37.1 Å². The number of halogens is 1. The molecule has 0 saturated heterocycles. The second-order valence-electron chi connectivity index (χ2n) is 6.92. The van der Waals surface area contributed by atoms with Crippen LogP contribution in [0.15, 0.2) is 23.2 Å². The number of rotatable bonds is 6. The van der Waals surface area contributed by atoms with Crippen molar-refractivity contribution in [2.75, 3.05) is 12.3 Å². The summed E-state index contributed by atoms with van der Waals surface area (Å²) in [5.41, 5.74) is 3.83. The summed E-state index contributed by atoms with van der Waals surface area (Å²) >= 11 is 0. The first-order chi connectivity index (χ1) is 12.0. The number of benzene rings is 1. The lowest BCUT2D eigenvalue weighted by Gasteiger charge is -2.30. The Hall–Kier alpha value is -0.630. The number of nitrogens with one attached hydrogen (secondary N) is 2. The first kappa shape index (κ1) is 23.4. The quantitative estimate of drug-likeness (QED) is 0.359. The van der Waals surface area contributed by atoms with Crippen molar-refractivity contribution in [1.82, 2.24) is 10.6 Å². The lowest BCUT2D eigenvalue weighted by molar-refractivity contribution is 0.413. The molecule has 1 saturated carbocycles. The molecule has 3 unspecified atom stereocenters. The first-order valence-electron chi connectivity index (χ1n) is 9.51. The van der Waals surface area contributed by atoms with Gasteiger partial charge in [-0.05, 0) is 51.2 Å². The molecule has 0 heterocycles. The summed E-state index contributed by atoms with van der Waals surface area (Å²) < 4.78 is 12.1. The van der Waals surface area contributed by atoms with Gasteiger partial charge < -0.3 is 10.6 Å². The van der Waals surface area contributed by atoms with Crippen molar-refractivity contribution in [3.8, 4) is 0 Å². The highest BCUT2D eigenvalue weighted by Crippen LogP contribution is 2.23. The maximum Gasteiger partial charge on any atom is 0.191 e. The minimum Gasteiger partial charge on any atom is -0.357 e. The number of guanidine groups is 1. The minimum atomic E-state index is -0.692. The van der Waals surface area contributed by atoms with Gasteiger partial charge in [0.1, 0.15) is 0 Å². The molecule has 0 amide bonds. The van der Waals surface area contributed by atoms with Gasteiger partial charge in [0.05, 0.1) is 6.54 Å². The van der Waals surface area contributed by atoms with Gasteiger partial charge in [0, 0.05) is 34.4 Å². The standard InChI is InChI=1S/C20H33N3OS.HI/c1-5-21-20(22-14-17-11-10-15(3)12-16(17)4)23-18-8-7-9-19(13-18)25(24)6-2;/h10-12,18-19H,5-9,13-14H2,1-4H3,(H2,21,22,23);1H. The van der Waals surface area contributed by atoms with Crippen LogP contribution in [0.3, 0.4) is 0 Å². The van der Waals surface area contributed by atoms with E-state index in [9.17, 15) is 4.21 Å². The van der Waals surface area contributed by atoms with Gasteiger partial charge in [-0.3, -0.25) is 4.21 Å². The van der Waals surface area contributed by atoms with E-state index in [4.69, 9.17) is 4.99 Å². The van der Waals surface area contributed by atoms with Crippen LogP contribution in [0.2, 0.25) is 0 Å². The topological polar surface area (TPSA) is 53.5 Å². The number of aliphatic imine (C=N–C) groups is 1. The van der Waals surface area contributed by atoms with Crippen LogP contribution in [0.25, 0.3) is 0 Å². The summed E-state index contributed by atoms with van der Waals surface area (Å²) in [6.07, 6.45) is 4.35. The third-order valence-electron chi connectivity index (χ3n) is 4.87. The Morgan fingerprint density at radius 3 is 2.69 bits per heavy atom. The van der Waals surface area contributed by atoms with Gasteiger partial charge in [0.2, 0.25) is 0 Å². The van der Waals surface area contributed by atoms with E-state index in [1.54, 1.807) is 0 Å². The molecular weight excluding hydrogens is 457 g/mol. The lowest BCUT2D eigenvalue weighted by atomic mass is 9.95. The molecule has 0 aromatic heterocycles. The predicted molar refractivity (Wildman–Crippen MR) is 124 cm³/mol. The van der Waals surface area contributed by atoms with Crippen LogP contribution >= 0.6 is 24.0 Å². The Balaban J connectivity index is 0.00000338. The Labute approximate surface area is 178 Å². The summed E-state index contributed by atoms with van der Waals surface area (Å²) in [4.78, 5) is 4.78. The average Bonchev–Trinajstić information content (AvgIpc) is 2.60. The molecule has 0 radical (unpaired) electrons. The van der Waals surface area contributed by atoms with Crippen LogP contribution in [-0.4, -0.2) is 33.8 Å². The normalized spacial score (nSPS) is 21.6. The minimum absolute atomic E-state index is 0. The van der Waals surface area contributed by atoms with E-state index in [1.165, 1.54) is 16.7 Å². The van der Waals surface area contributed by atoms with Crippen molar-refractivity contribution in [3.63, 3.8) is 0 Å². The van der Waals surface area contributed by atoms with Crippen LogP contribution in [0, 0.1) is 13.8 Å². The molecule has 2 N–H and O–H groups in total. The summed E-state index contributed by atoms with van der Waals surface area (Å²) in [7, 11) is -0.692. The fraction of sp³-hybridized carbons (Fsp3) is 0.650. The van der Waals surface area contributed by atoms with Crippen LogP contribution in [0.4, 0.5) is 0 Å². The molecule has 3 atom stereocenters. The highest BCUT2D eigenvalue weighted by atomic mass is 127. The van der Waals surface area contributed by atoms with Crippen LogP contribution < -0.4 is 10.6 Å². The van der Waals surface area contributed by atoms with Gasteiger partial charge in [-0.2, -0.15) is 0 Å². The number of nitrogens with zero attached hydrogens (tertiary/aromatic N) is 1. The Bertz CT molecular complexity index is 621. The van der Waals surface area contributed by atoms with E-state index in [1.807, 2.05) is 6.92 Å². The van der Waals surface area contributed by atoms with E-state index < -0.39 is 10.8 Å². The Morgan fingerprint density at radius 1 is 1.27 bits per heavy atom. The van der Waals surface area contributed by atoms with E-state index >= 15 is 0 Å². The molecule has 0 bridgehead atoms. The summed E-state index contributed by atoms with van der Waals surface area (Å²) in [6, 6.07) is 6.88. The second kappa shape index (κ2) is 12.0. The summed E-state index contributed by atoms with van der Waals surface area (Å²) in [5.74, 6) is 1.63. The fourth-order valence-corrected chi connectivity index (χ4v) is 4.80. The lowest BCUT2D eigenvalue weighted by Crippen LogP contribution is -2.46. The average molecular weight is 491 g/mol. The molecule has 26 heavy (non-hydrogen) atoms. The van der Waals surface area contributed by atoms with Gasteiger partial charge in [0.15, 0.2) is 5.96 Å². The maximum atomic E-state index is 12.1. The first-order valence-corrected chi connectivity index (χ1v) is 10.9. The molecule has 1 fully saturated rings. The van der Waals surface area contributed by atoms with E-state index in [0.717, 1.165) is 43.9 Å². The predicted octanol–water partition coefficient (Wildman–Crippen LogP) is 4.06. The van der Waals surface area contributed by atoms with Gasteiger partial charge in [-0.15, -0.1) is 24.0 Å².